The Morgan fingerprint density at radius 1 is 1.27 bits per heavy atom. The average molecular weight is 161 g/mol. The molecule has 0 heterocycles. The third kappa shape index (κ3) is 9.43. The van der Waals surface area contributed by atoms with Gasteiger partial charge in [-0.25, -0.2) is 0 Å². The Morgan fingerprint density at radius 2 is 1.91 bits per heavy atom. The first-order chi connectivity index (χ1) is 4.81. The minimum Gasteiger partial charge on any atom is -0.412 e. The molecule has 0 radical (unpaired) electrons. The molecule has 0 aromatic rings. The number of unbranched alkanes of at least 4 members (excludes halogenated alkanes) is 3. The van der Waals surface area contributed by atoms with Gasteiger partial charge < -0.3 is 10.7 Å². The fourth-order valence-electron chi connectivity index (χ4n) is 0.858. The summed E-state index contributed by atoms with van der Waals surface area (Å²) in [7, 11) is 0. The van der Waals surface area contributed by atoms with Gasteiger partial charge in [-0.3, -0.25) is 0 Å². The molecule has 0 atom stereocenters. The van der Waals surface area contributed by atoms with Crippen LogP contribution in [-0.2, 0) is 0 Å². The third-order valence-corrected chi connectivity index (χ3v) is 1.56. The van der Waals surface area contributed by atoms with E-state index in [2.05, 4.69) is 12.1 Å². The Labute approximate surface area is 68.4 Å². The smallest absolute Gasteiger partial charge is 0.0540 e. The highest BCUT2D eigenvalue weighted by atomic mass is 16.4. The van der Waals surface area contributed by atoms with Crippen molar-refractivity contribution in [3.8, 4) is 0 Å². The van der Waals surface area contributed by atoms with Gasteiger partial charge in [-0.2, -0.15) is 0 Å². The largest absolute Gasteiger partial charge is 0.412 e. The fourth-order valence-corrected chi connectivity index (χ4v) is 0.858. The van der Waals surface area contributed by atoms with Crippen molar-refractivity contribution in [1.82, 2.24) is 0 Å². The van der Waals surface area contributed by atoms with Crippen LogP contribution in [0.25, 0.3) is 0 Å². The normalized spacial score (nSPS) is 10.9. The van der Waals surface area contributed by atoms with E-state index in [1.165, 1.54) is 19.3 Å². The molecule has 3 N–H and O–H groups in total. The maximum Gasteiger partial charge on any atom is 0.0540 e. The van der Waals surface area contributed by atoms with Crippen molar-refractivity contribution in [2.45, 2.75) is 46.0 Å². The fraction of sp³-hybridized carbons (Fsp3) is 0.875. The second-order valence-electron chi connectivity index (χ2n) is 2.65. The van der Waals surface area contributed by atoms with Crippen LogP contribution < -0.4 is 0 Å². The van der Waals surface area contributed by atoms with E-state index in [0.29, 0.717) is 0 Å². The van der Waals surface area contributed by atoms with Crippen molar-refractivity contribution in [2.75, 3.05) is 0 Å². The van der Waals surface area contributed by atoms with Crippen LogP contribution in [0.15, 0.2) is 5.16 Å². The summed E-state index contributed by atoms with van der Waals surface area (Å²) in [6.45, 7) is 4.04. The highest BCUT2D eigenvalue weighted by molar-refractivity contribution is 5.81. The third-order valence-electron chi connectivity index (χ3n) is 1.56. The molecule has 0 aliphatic heterocycles. The summed E-state index contributed by atoms with van der Waals surface area (Å²) in [6, 6.07) is 0. The van der Waals surface area contributed by atoms with Crippen molar-refractivity contribution < 1.29 is 10.7 Å². The molecular weight excluding hydrogens is 142 g/mol. The second kappa shape index (κ2) is 9.43. The van der Waals surface area contributed by atoms with E-state index in [-0.39, 0.29) is 5.48 Å². The maximum absolute atomic E-state index is 8.28. The molecule has 0 saturated carbocycles. The zero-order valence-corrected chi connectivity index (χ0v) is 7.43. The van der Waals surface area contributed by atoms with Crippen molar-refractivity contribution in [1.29, 1.82) is 0 Å². The lowest BCUT2D eigenvalue weighted by atomic mass is 10.1. The monoisotopic (exact) mass is 161 g/mol. The second-order valence-corrected chi connectivity index (χ2v) is 2.65. The van der Waals surface area contributed by atoms with Gasteiger partial charge >= 0.3 is 0 Å². The molecule has 3 heteroatoms. The van der Waals surface area contributed by atoms with Gasteiger partial charge in [0.25, 0.3) is 0 Å². The van der Waals surface area contributed by atoms with Crippen LogP contribution in [0.4, 0.5) is 0 Å². The van der Waals surface area contributed by atoms with Gasteiger partial charge in [0.05, 0.1) is 5.71 Å². The molecule has 0 bridgehead atoms. The molecular formula is C8H19NO2. The molecule has 0 rings (SSSR count). The highest BCUT2D eigenvalue weighted by Gasteiger charge is 1.91. The van der Waals surface area contributed by atoms with Crippen molar-refractivity contribution >= 4 is 5.71 Å². The molecule has 0 aromatic heterocycles. The SMILES string of the molecule is CCCCCCC(C)=NO.O. The predicted octanol–water partition coefficient (Wildman–Crippen LogP) is 1.98. The van der Waals surface area contributed by atoms with E-state index in [4.69, 9.17) is 5.21 Å². The van der Waals surface area contributed by atoms with Crippen LogP contribution in [0, 0.1) is 0 Å². The van der Waals surface area contributed by atoms with E-state index in [1.807, 2.05) is 6.92 Å². The van der Waals surface area contributed by atoms with Crippen molar-refractivity contribution in [2.24, 2.45) is 5.16 Å². The molecule has 0 aliphatic rings. The predicted molar refractivity (Wildman–Crippen MR) is 47.3 cm³/mol. The zero-order chi connectivity index (χ0) is 7.82. The molecule has 0 aromatic carbocycles. The van der Waals surface area contributed by atoms with Gasteiger partial charge in [0.15, 0.2) is 0 Å². The molecule has 0 unspecified atom stereocenters. The van der Waals surface area contributed by atoms with Gasteiger partial charge in [0, 0.05) is 0 Å². The summed E-state index contributed by atoms with van der Waals surface area (Å²) >= 11 is 0. The summed E-state index contributed by atoms with van der Waals surface area (Å²) in [5, 5.41) is 11.4. The van der Waals surface area contributed by atoms with Crippen molar-refractivity contribution in [3.63, 3.8) is 0 Å². The molecule has 0 spiro atoms. The topological polar surface area (TPSA) is 64.1 Å². The Balaban J connectivity index is 0. The van der Waals surface area contributed by atoms with E-state index in [9.17, 15) is 0 Å². The van der Waals surface area contributed by atoms with Crippen LogP contribution in [-0.4, -0.2) is 16.4 Å². The van der Waals surface area contributed by atoms with Gasteiger partial charge in [0.1, 0.15) is 0 Å². The summed E-state index contributed by atoms with van der Waals surface area (Å²) in [5.74, 6) is 0. The van der Waals surface area contributed by atoms with Gasteiger partial charge in [-0.05, 0) is 19.8 Å². The van der Waals surface area contributed by atoms with E-state index in [0.717, 1.165) is 18.6 Å². The Bertz CT molecular complexity index is 102. The minimum absolute atomic E-state index is 0. The minimum atomic E-state index is 0. The standard InChI is InChI=1S/C8H17NO.H2O/c1-3-4-5-6-7-8(2)9-10;/h10H,3-7H2,1-2H3;1H2. The summed E-state index contributed by atoms with van der Waals surface area (Å²) < 4.78 is 0. The Kier molecular flexibility index (Phi) is 11.2. The van der Waals surface area contributed by atoms with E-state index < -0.39 is 0 Å². The quantitative estimate of drug-likeness (QED) is 0.285. The summed E-state index contributed by atoms with van der Waals surface area (Å²) in [6.07, 6.45) is 5.90. The van der Waals surface area contributed by atoms with Crippen LogP contribution in [0.3, 0.4) is 0 Å². The summed E-state index contributed by atoms with van der Waals surface area (Å²) in [5.41, 5.74) is 0.844. The Morgan fingerprint density at radius 3 is 2.36 bits per heavy atom. The lowest BCUT2D eigenvalue weighted by molar-refractivity contribution is 0.317. The van der Waals surface area contributed by atoms with Crippen LogP contribution >= 0.6 is 0 Å². The van der Waals surface area contributed by atoms with E-state index >= 15 is 0 Å². The number of hydrogen-bond acceptors (Lipinski definition) is 2. The zero-order valence-electron chi connectivity index (χ0n) is 7.43. The lowest BCUT2D eigenvalue weighted by Gasteiger charge is -1.96. The number of oxime groups is 1. The lowest BCUT2D eigenvalue weighted by Crippen LogP contribution is -1.90. The van der Waals surface area contributed by atoms with Gasteiger partial charge in [0.2, 0.25) is 0 Å². The molecule has 11 heavy (non-hydrogen) atoms. The molecule has 0 saturated heterocycles. The summed E-state index contributed by atoms with van der Waals surface area (Å²) in [4.78, 5) is 0. The highest BCUT2D eigenvalue weighted by Crippen LogP contribution is 2.02. The van der Waals surface area contributed by atoms with E-state index in [1.54, 1.807) is 0 Å². The molecule has 0 aliphatic carbocycles. The molecule has 68 valence electrons. The first-order valence-electron chi connectivity index (χ1n) is 3.98. The van der Waals surface area contributed by atoms with Crippen molar-refractivity contribution in [3.05, 3.63) is 0 Å². The van der Waals surface area contributed by atoms with Crippen LogP contribution in [0.5, 0.6) is 0 Å². The molecule has 0 amide bonds. The molecule has 0 fully saturated rings. The first kappa shape index (κ1) is 13.1. The first-order valence-corrected chi connectivity index (χ1v) is 3.98. The average Bonchev–Trinajstić information content (AvgIpc) is 1.98. The van der Waals surface area contributed by atoms with Crippen LogP contribution in [0.2, 0.25) is 0 Å². The molecule has 3 nitrogen and oxygen atoms in total. The van der Waals surface area contributed by atoms with Gasteiger partial charge in [-0.15, -0.1) is 0 Å². The number of rotatable bonds is 5. The van der Waals surface area contributed by atoms with Crippen LogP contribution in [0.1, 0.15) is 46.0 Å². The maximum atomic E-state index is 8.28. The number of nitrogens with zero attached hydrogens (tertiary/aromatic N) is 1. The van der Waals surface area contributed by atoms with Gasteiger partial charge in [-0.1, -0.05) is 31.3 Å². The Hall–Kier alpha value is -0.570. The number of hydrogen-bond donors (Lipinski definition) is 1.